The standard InChI is InChI=1S/C27H33F3N2O4/c1-5-34-26(33)14-31-24-10-8-21-13-20(7-9-22(21)24)18(4)32-36-16-19-6-11-25(35-15-17(2)3)23(12-19)27(28,29)30/h6-7,9,11-13,17,24,31H,5,8,10,14-16H2,1-4H3/b32-18+. The van der Waals surface area contributed by atoms with Crippen molar-refractivity contribution in [3.63, 3.8) is 0 Å². The number of rotatable bonds is 11. The normalized spacial score (nSPS) is 15.7. The van der Waals surface area contributed by atoms with E-state index in [1.54, 1.807) is 19.9 Å². The Kier molecular flexibility index (Phi) is 9.37. The summed E-state index contributed by atoms with van der Waals surface area (Å²) in [6.45, 7) is 7.92. The summed E-state index contributed by atoms with van der Waals surface area (Å²) >= 11 is 0. The summed E-state index contributed by atoms with van der Waals surface area (Å²) in [6, 6.07) is 9.97. The summed E-state index contributed by atoms with van der Waals surface area (Å²) in [5.74, 6) is -0.354. The largest absolute Gasteiger partial charge is 0.493 e. The van der Waals surface area contributed by atoms with Gasteiger partial charge in [-0.05, 0) is 73.1 Å². The number of esters is 1. The average Bonchev–Trinajstić information content (AvgIpc) is 3.23. The number of nitrogens with one attached hydrogen (secondary N) is 1. The molecule has 0 saturated carbocycles. The first-order chi connectivity index (χ1) is 17.1. The van der Waals surface area contributed by atoms with E-state index in [-0.39, 0.29) is 43.4 Å². The Hall–Kier alpha value is -3.07. The summed E-state index contributed by atoms with van der Waals surface area (Å²) in [5.41, 5.74) is 3.31. The van der Waals surface area contributed by atoms with Gasteiger partial charge in [0, 0.05) is 6.04 Å². The molecule has 1 unspecified atom stereocenters. The van der Waals surface area contributed by atoms with Crippen molar-refractivity contribution in [2.45, 2.75) is 59.4 Å². The first-order valence-corrected chi connectivity index (χ1v) is 12.1. The molecule has 0 spiro atoms. The molecule has 2 aromatic carbocycles. The second kappa shape index (κ2) is 12.3. The van der Waals surface area contributed by atoms with E-state index in [2.05, 4.69) is 10.5 Å². The van der Waals surface area contributed by atoms with Crippen LogP contribution in [0.1, 0.15) is 68.0 Å². The van der Waals surface area contributed by atoms with Crippen molar-refractivity contribution >= 4 is 11.7 Å². The topological polar surface area (TPSA) is 69.2 Å². The molecule has 1 N–H and O–H groups in total. The molecule has 0 heterocycles. The van der Waals surface area contributed by atoms with E-state index in [1.165, 1.54) is 6.07 Å². The molecular formula is C27H33F3N2O4. The zero-order valence-corrected chi connectivity index (χ0v) is 21.1. The maximum absolute atomic E-state index is 13.5. The van der Waals surface area contributed by atoms with Gasteiger partial charge in [-0.1, -0.05) is 37.2 Å². The molecule has 2 aromatic rings. The third-order valence-electron chi connectivity index (χ3n) is 5.79. The molecule has 0 aliphatic heterocycles. The molecule has 9 heteroatoms. The quantitative estimate of drug-likeness (QED) is 0.236. The Balaban J connectivity index is 1.63. The highest BCUT2D eigenvalue weighted by Crippen LogP contribution is 2.37. The van der Waals surface area contributed by atoms with Gasteiger partial charge in [0.2, 0.25) is 0 Å². The van der Waals surface area contributed by atoms with Crippen LogP contribution in [0, 0.1) is 5.92 Å². The number of fused-ring (bicyclic) bond motifs is 1. The predicted octanol–water partition coefficient (Wildman–Crippen LogP) is 5.82. The number of oxime groups is 1. The molecule has 1 aliphatic rings. The minimum atomic E-state index is -4.53. The fraction of sp³-hybridized carbons (Fsp3) is 0.481. The van der Waals surface area contributed by atoms with E-state index in [0.717, 1.165) is 35.6 Å². The van der Waals surface area contributed by atoms with Crippen molar-refractivity contribution < 1.29 is 32.3 Å². The highest BCUT2D eigenvalue weighted by Gasteiger charge is 2.34. The fourth-order valence-corrected chi connectivity index (χ4v) is 4.00. The minimum absolute atomic E-state index is 0.0854. The molecule has 0 radical (unpaired) electrons. The van der Waals surface area contributed by atoms with E-state index in [9.17, 15) is 18.0 Å². The molecule has 6 nitrogen and oxygen atoms in total. The molecule has 36 heavy (non-hydrogen) atoms. The third kappa shape index (κ3) is 7.46. The number of ether oxygens (including phenoxy) is 2. The second-order valence-corrected chi connectivity index (χ2v) is 9.17. The van der Waals surface area contributed by atoms with Crippen molar-refractivity contribution in [3.05, 3.63) is 64.2 Å². The van der Waals surface area contributed by atoms with Gasteiger partial charge in [0.15, 0.2) is 0 Å². The highest BCUT2D eigenvalue weighted by atomic mass is 19.4. The van der Waals surface area contributed by atoms with E-state index < -0.39 is 11.7 Å². The SMILES string of the molecule is CCOC(=O)CNC1CCc2cc(/C(C)=N/OCc3ccc(OCC(C)C)c(C(F)(F)F)c3)ccc21. The Labute approximate surface area is 209 Å². The molecule has 0 bridgehead atoms. The lowest BCUT2D eigenvalue weighted by molar-refractivity contribution is -0.142. The van der Waals surface area contributed by atoms with Gasteiger partial charge in [-0.3, -0.25) is 4.79 Å². The van der Waals surface area contributed by atoms with Gasteiger partial charge in [0.05, 0.1) is 31.0 Å². The molecule has 0 amide bonds. The van der Waals surface area contributed by atoms with E-state index in [1.807, 2.05) is 32.0 Å². The second-order valence-electron chi connectivity index (χ2n) is 9.17. The van der Waals surface area contributed by atoms with Crippen LogP contribution in [0.25, 0.3) is 0 Å². The molecule has 1 aliphatic carbocycles. The van der Waals surface area contributed by atoms with Gasteiger partial charge in [-0.15, -0.1) is 0 Å². The zero-order valence-electron chi connectivity index (χ0n) is 21.1. The van der Waals surface area contributed by atoms with Crippen LogP contribution in [0.4, 0.5) is 13.2 Å². The number of hydrogen-bond acceptors (Lipinski definition) is 6. The summed E-state index contributed by atoms with van der Waals surface area (Å²) < 4.78 is 50.8. The lowest BCUT2D eigenvalue weighted by Gasteiger charge is -2.16. The van der Waals surface area contributed by atoms with Crippen molar-refractivity contribution in [1.82, 2.24) is 5.32 Å². The number of alkyl halides is 3. The van der Waals surface area contributed by atoms with Crippen molar-refractivity contribution in [3.8, 4) is 5.75 Å². The molecule has 3 rings (SSSR count). The Bertz CT molecular complexity index is 1080. The van der Waals surface area contributed by atoms with Crippen LogP contribution in [0.5, 0.6) is 5.75 Å². The third-order valence-corrected chi connectivity index (χ3v) is 5.79. The maximum atomic E-state index is 13.5. The first-order valence-electron chi connectivity index (χ1n) is 12.1. The predicted molar refractivity (Wildman–Crippen MR) is 131 cm³/mol. The molecule has 0 aromatic heterocycles. The smallest absolute Gasteiger partial charge is 0.419 e. The van der Waals surface area contributed by atoms with Gasteiger partial charge < -0.3 is 19.6 Å². The van der Waals surface area contributed by atoms with Crippen molar-refractivity contribution in [2.24, 2.45) is 11.1 Å². The van der Waals surface area contributed by atoms with Crippen LogP contribution >= 0.6 is 0 Å². The lowest BCUT2D eigenvalue weighted by Crippen LogP contribution is -2.27. The van der Waals surface area contributed by atoms with E-state index in [4.69, 9.17) is 14.3 Å². The number of benzene rings is 2. The summed E-state index contributed by atoms with van der Waals surface area (Å²) in [4.78, 5) is 17.0. The van der Waals surface area contributed by atoms with Crippen LogP contribution < -0.4 is 10.1 Å². The maximum Gasteiger partial charge on any atom is 0.419 e. The first kappa shape index (κ1) is 27.5. The number of nitrogens with zero attached hydrogens (tertiary/aromatic N) is 1. The average molecular weight is 507 g/mol. The van der Waals surface area contributed by atoms with Gasteiger partial charge in [-0.25, -0.2) is 0 Å². The van der Waals surface area contributed by atoms with E-state index in [0.29, 0.717) is 17.9 Å². The van der Waals surface area contributed by atoms with Crippen LogP contribution in [0.2, 0.25) is 0 Å². The lowest BCUT2D eigenvalue weighted by atomic mass is 10.0. The Morgan fingerprint density at radius 2 is 1.97 bits per heavy atom. The number of carbonyl (C=O) groups is 1. The summed E-state index contributed by atoms with van der Waals surface area (Å²) in [6.07, 6.45) is -2.79. The Morgan fingerprint density at radius 3 is 2.67 bits per heavy atom. The molecule has 1 atom stereocenters. The van der Waals surface area contributed by atoms with Gasteiger partial charge in [0.25, 0.3) is 0 Å². The van der Waals surface area contributed by atoms with Crippen molar-refractivity contribution in [2.75, 3.05) is 19.8 Å². The number of aryl methyl sites for hydroxylation is 1. The minimum Gasteiger partial charge on any atom is -0.493 e. The fourth-order valence-electron chi connectivity index (χ4n) is 4.00. The van der Waals surface area contributed by atoms with Crippen LogP contribution in [0.15, 0.2) is 41.6 Å². The zero-order chi connectivity index (χ0) is 26.3. The van der Waals surface area contributed by atoms with Crippen molar-refractivity contribution in [1.29, 1.82) is 0 Å². The van der Waals surface area contributed by atoms with Gasteiger partial charge >= 0.3 is 12.1 Å². The van der Waals surface area contributed by atoms with Crippen LogP contribution in [-0.2, 0) is 33.6 Å². The number of halogens is 3. The van der Waals surface area contributed by atoms with E-state index >= 15 is 0 Å². The van der Waals surface area contributed by atoms with Gasteiger partial charge in [0.1, 0.15) is 12.4 Å². The molecule has 0 saturated heterocycles. The highest BCUT2D eigenvalue weighted by molar-refractivity contribution is 5.98. The number of carbonyl (C=O) groups excluding carboxylic acids is 1. The summed E-state index contributed by atoms with van der Waals surface area (Å²) in [7, 11) is 0. The Morgan fingerprint density at radius 1 is 1.19 bits per heavy atom. The number of hydrogen-bond donors (Lipinski definition) is 1. The summed E-state index contributed by atoms with van der Waals surface area (Å²) in [5, 5.41) is 7.35. The molecule has 196 valence electrons. The van der Waals surface area contributed by atoms with Crippen LogP contribution in [0.3, 0.4) is 0 Å². The molecular weight excluding hydrogens is 473 g/mol. The van der Waals surface area contributed by atoms with Crippen LogP contribution in [-0.4, -0.2) is 31.4 Å². The van der Waals surface area contributed by atoms with Gasteiger partial charge in [-0.2, -0.15) is 13.2 Å². The monoisotopic (exact) mass is 506 g/mol. The molecule has 0 fully saturated rings.